The van der Waals surface area contributed by atoms with Crippen LogP contribution in [0.5, 0.6) is 0 Å². The number of hydrogen-bond acceptors (Lipinski definition) is 3. The Morgan fingerprint density at radius 1 is 1.09 bits per heavy atom. The molecule has 0 aliphatic heterocycles. The van der Waals surface area contributed by atoms with Crippen molar-refractivity contribution < 1.29 is 4.79 Å². The van der Waals surface area contributed by atoms with Gasteiger partial charge in [0.05, 0.1) is 11.9 Å². The van der Waals surface area contributed by atoms with Crippen molar-refractivity contribution in [1.29, 1.82) is 0 Å². The van der Waals surface area contributed by atoms with Crippen molar-refractivity contribution in [3.63, 3.8) is 0 Å². The maximum Gasteiger partial charge on any atom is 0.227 e. The number of anilines is 3. The molecule has 0 radical (unpaired) electrons. The Hall–Kier alpha value is -2.36. The lowest BCUT2D eigenvalue weighted by Gasteiger charge is -2.22. The highest BCUT2D eigenvalue weighted by Crippen LogP contribution is 2.24. The van der Waals surface area contributed by atoms with Crippen molar-refractivity contribution in [1.82, 2.24) is 4.98 Å². The monoisotopic (exact) mass is 311 g/mol. The number of hydrogen-bond donors (Lipinski definition) is 1. The van der Waals surface area contributed by atoms with E-state index < -0.39 is 0 Å². The van der Waals surface area contributed by atoms with Crippen LogP contribution in [0.2, 0.25) is 0 Å². The van der Waals surface area contributed by atoms with Crippen LogP contribution < -0.4 is 10.2 Å². The summed E-state index contributed by atoms with van der Waals surface area (Å²) in [7, 11) is 0. The SMILES string of the molecule is CCC(CC)C(=O)Nc1ccc(N(CC)c2ccccc2)nc1. The number of para-hydroxylation sites is 1. The largest absolute Gasteiger partial charge is 0.327 e. The Morgan fingerprint density at radius 2 is 1.78 bits per heavy atom. The summed E-state index contributed by atoms with van der Waals surface area (Å²) in [5.74, 6) is 1.00. The molecule has 1 amide bonds. The summed E-state index contributed by atoms with van der Waals surface area (Å²) in [6, 6.07) is 14.0. The number of pyridine rings is 1. The molecule has 1 heterocycles. The van der Waals surface area contributed by atoms with Crippen LogP contribution in [0.15, 0.2) is 48.7 Å². The van der Waals surface area contributed by atoms with E-state index in [-0.39, 0.29) is 11.8 Å². The molecule has 0 spiro atoms. The Bertz CT molecular complexity index is 606. The van der Waals surface area contributed by atoms with Crippen molar-refractivity contribution in [3.05, 3.63) is 48.7 Å². The standard InChI is InChI=1S/C19H25N3O/c1-4-15(5-2)19(23)21-16-12-13-18(20-14-16)22(6-3)17-10-8-7-9-11-17/h7-15H,4-6H2,1-3H3,(H,21,23). The molecule has 0 saturated heterocycles. The highest BCUT2D eigenvalue weighted by atomic mass is 16.1. The van der Waals surface area contributed by atoms with Gasteiger partial charge in [-0.1, -0.05) is 32.0 Å². The number of carbonyl (C=O) groups is 1. The van der Waals surface area contributed by atoms with Crippen LogP contribution >= 0.6 is 0 Å². The first-order valence-electron chi connectivity index (χ1n) is 8.29. The Morgan fingerprint density at radius 3 is 2.30 bits per heavy atom. The third-order valence-corrected chi connectivity index (χ3v) is 4.03. The topological polar surface area (TPSA) is 45.2 Å². The van der Waals surface area contributed by atoms with E-state index in [2.05, 4.69) is 34.3 Å². The average molecular weight is 311 g/mol. The summed E-state index contributed by atoms with van der Waals surface area (Å²) in [5, 5.41) is 2.95. The number of carbonyl (C=O) groups excluding carboxylic acids is 1. The fourth-order valence-electron chi connectivity index (χ4n) is 2.61. The molecule has 0 aliphatic carbocycles. The molecule has 4 nitrogen and oxygen atoms in total. The second-order valence-electron chi connectivity index (χ2n) is 5.49. The van der Waals surface area contributed by atoms with Gasteiger partial charge in [-0.2, -0.15) is 0 Å². The lowest BCUT2D eigenvalue weighted by molar-refractivity contribution is -0.120. The minimum Gasteiger partial charge on any atom is -0.327 e. The van der Waals surface area contributed by atoms with E-state index in [1.165, 1.54) is 0 Å². The molecule has 2 aromatic rings. The van der Waals surface area contributed by atoms with Gasteiger partial charge in [0.15, 0.2) is 0 Å². The maximum atomic E-state index is 12.1. The minimum atomic E-state index is 0.0612. The van der Waals surface area contributed by atoms with Crippen LogP contribution in [0.1, 0.15) is 33.6 Å². The van der Waals surface area contributed by atoms with Gasteiger partial charge in [-0.25, -0.2) is 4.98 Å². The highest BCUT2D eigenvalue weighted by Gasteiger charge is 2.14. The van der Waals surface area contributed by atoms with Crippen LogP contribution in [0.4, 0.5) is 17.2 Å². The second-order valence-corrected chi connectivity index (χ2v) is 5.49. The highest BCUT2D eigenvalue weighted by molar-refractivity contribution is 5.92. The van der Waals surface area contributed by atoms with Crippen molar-refractivity contribution in [3.8, 4) is 0 Å². The van der Waals surface area contributed by atoms with Crippen LogP contribution in [0.25, 0.3) is 0 Å². The second kappa shape index (κ2) is 8.32. The number of rotatable bonds is 7. The predicted molar refractivity (Wildman–Crippen MR) is 96.1 cm³/mol. The molecule has 122 valence electrons. The smallest absolute Gasteiger partial charge is 0.227 e. The molecule has 0 fully saturated rings. The average Bonchev–Trinajstić information content (AvgIpc) is 2.59. The first kappa shape index (κ1) is 17.0. The molecule has 4 heteroatoms. The summed E-state index contributed by atoms with van der Waals surface area (Å²) < 4.78 is 0. The molecule has 1 aromatic heterocycles. The molecule has 0 bridgehead atoms. The van der Waals surface area contributed by atoms with Gasteiger partial charge < -0.3 is 10.2 Å². The number of nitrogens with one attached hydrogen (secondary N) is 1. The van der Waals surface area contributed by atoms with E-state index in [4.69, 9.17) is 0 Å². The molecule has 0 aliphatic rings. The molecule has 2 rings (SSSR count). The van der Waals surface area contributed by atoms with E-state index in [1.807, 2.05) is 44.2 Å². The summed E-state index contributed by atoms with van der Waals surface area (Å²) in [5.41, 5.74) is 1.85. The summed E-state index contributed by atoms with van der Waals surface area (Å²) in [4.78, 5) is 18.8. The van der Waals surface area contributed by atoms with Crippen LogP contribution in [-0.2, 0) is 4.79 Å². The van der Waals surface area contributed by atoms with Crippen molar-refractivity contribution in [2.24, 2.45) is 5.92 Å². The quantitative estimate of drug-likeness (QED) is 0.812. The van der Waals surface area contributed by atoms with E-state index in [1.54, 1.807) is 6.20 Å². The zero-order chi connectivity index (χ0) is 16.7. The Balaban J connectivity index is 2.11. The predicted octanol–water partition coefficient (Wildman–Crippen LogP) is 4.61. The molecule has 0 saturated carbocycles. The summed E-state index contributed by atoms with van der Waals surface area (Å²) in [6.45, 7) is 7.00. The lowest BCUT2D eigenvalue weighted by Crippen LogP contribution is -2.22. The zero-order valence-electron chi connectivity index (χ0n) is 14.1. The van der Waals surface area contributed by atoms with Gasteiger partial charge in [-0.3, -0.25) is 4.79 Å². The van der Waals surface area contributed by atoms with Gasteiger partial charge in [0.25, 0.3) is 0 Å². The van der Waals surface area contributed by atoms with Crippen molar-refractivity contribution >= 4 is 23.1 Å². The minimum absolute atomic E-state index is 0.0612. The Labute approximate surface area is 138 Å². The number of amides is 1. The zero-order valence-corrected chi connectivity index (χ0v) is 14.1. The van der Waals surface area contributed by atoms with Gasteiger partial charge in [0.1, 0.15) is 5.82 Å². The first-order chi connectivity index (χ1) is 11.2. The van der Waals surface area contributed by atoms with E-state index in [0.29, 0.717) is 0 Å². The van der Waals surface area contributed by atoms with E-state index in [9.17, 15) is 4.79 Å². The van der Waals surface area contributed by atoms with Crippen LogP contribution in [0.3, 0.4) is 0 Å². The lowest BCUT2D eigenvalue weighted by atomic mass is 10.0. The number of aromatic nitrogens is 1. The molecule has 1 N–H and O–H groups in total. The van der Waals surface area contributed by atoms with Crippen LogP contribution in [-0.4, -0.2) is 17.4 Å². The fraction of sp³-hybridized carbons (Fsp3) is 0.368. The molecule has 23 heavy (non-hydrogen) atoms. The van der Waals surface area contributed by atoms with Crippen molar-refractivity contribution in [2.75, 3.05) is 16.8 Å². The van der Waals surface area contributed by atoms with E-state index >= 15 is 0 Å². The van der Waals surface area contributed by atoms with Crippen LogP contribution in [0, 0.1) is 5.92 Å². The first-order valence-corrected chi connectivity index (χ1v) is 8.29. The molecular weight excluding hydrogens is 286 g/mol. The van der Waals surface area contributed by atoms with E-state index in [0.717, 1.165) is 36.6 Å². The molecule has 0 unspecified atom stereocenters. The summed E-state index contributed by atoms with van der Waals surface area (Å²) >= 11 is 0. The van der Waals surface area contributed by atoms with Gasteiger partial charge >= 0.3 is 0 Å². The fourth-order valence-corrected chi connectivity index (χ4v) is 2.61. The van der Waals surface area contributed by atoms with Gasteiger partial charge in [0, 0.05) is 18.2 Å². The third kappa shape index (κ3) is 4.31. The van der Waals surface area contributed by atoms with Gasteiger partial charge in [0.2, 0.25) is 5.91 Å². The maximum absolute atomic E-state index is 12.1. The number of nitrogens with zero attached hydrogens (tertiary/aromatic N) is 2. The third-order valence-electron chi connectivity index (χ3n) is 4.03. The van der Waals surface area contributed by atoms with Crippen molar-refractivity contribution in [2.45, 2.75) is 33.6 Å². The molecular formula is C19H25N3O. The molecule has 1 aromatic carbocycles. The molecule has 0 atom stereocenters. The van der Waals surface area contributed by atoms with Gasteiger partial charge in [-0.15, -0.1) is 0 Å². The normalized spacial score (nSPS) is 10.6. The number of benzene rings is 1. The van der Waals surface area contributed by atoms with Gasteiger partial charge in [-0.05, 0) is 44.0 Å². The summed E-state index contributed by atoms with van der Waals surface area (Å²) in [6.07, 6.45) is 3.43. The Kier molecular flexibility index (Phi) is 6.15.